The average molecular weight is 372 g/mol. The Morgan fingerprint density at radius 2 is 1.93 bits per heavy atom. The summed E-state index contributed by atoms with van der Waals surface area (Å²) in [5.74, 6) is -0.275. The topological polar surface area (TPSA) is 61.8 Å². The second-order valence-electron chi connectivity index (χ2n) is 7.07. The molecule has 0 spiro atoms. The summed E-state index contributed by atoms with van der Waals surface area (Å²) in [4.78, 5) is 13.8. The van der Waals surface area contributed by atoms with Crippen LogP contribution in [0.25, 0.3) is 0 Å². The van der Waals surface area contributed by atoms with Crippen LogP contribution < -0.4 is 5.32 Å². The molecular weight excluding hydrogens is 347 g/mol. The van der Waals surface area contributed by atoms with Crippen LogP contribution in [0.5, 0.6) is 0 Å². The third kappa shape index (κ3) is 5.20. The Balaban J connectivity index is 1.45. The Morgan fingerprint density at radius 1 is 1.22 bits per heavy atom. The summed E-state index contributed by atoms with van der Waals surface area (Å²) in [6, 6.07) is 14.4. The van der Waals surface area contributed by atoms with E-state index in [4.69, 9.17) is 4.74 Å². The SMILES string of the molecule is Cc1ccc(NCC2(O)CCN(C(=O)OCc3ccccc3)CC2)cc1F. The van der Waals surface area contributed by atoms with Gasteiger partial charge in [0.25, 0.3) is 0 Å². The number of carbonyl (C=O) groups excluding carboxylic acids is 1. The largest absolute Gasteiger partial charge is 0.445 e. The summed E-state index contributed by atoms with van der Waals surface area (Å²) in [5.41, 5.74) is 1.23. The number of piperidine rings is 1. The van der Waals surface area contributed by atoms with E-state index in [0.29, 0.717) is 43.7 Å². The maximum atomic E-state index is 13.6. The van der Waals surface area contributed by atoms with E-state index in [1.54, 1.807) is 24.0 Å². The molecule has 0 aromatic heterocycles. The fraction of sp³-hybridized carbons (Fsp3) is 0.381. The number of ether oxygens (including phenoxy) is 1. The number of benzene rings is 2. The minimum atomic E-state index is -0.933. The molecule has 27 heavy (non-hydrogen) atoms. The first-order valence-electron chi connectivity index (χ1n) is 9.13. The molecular formula is C21H25FN2O3. The lowest BCUT2D eigenvalue weighted by Gasteiger charge is -2.37. The van der Waals surface area contributed by atoms with E-state index in [9.17, 15) is 14.3 Å². The standard InChI is InChI=1S/C21H25FN2O3/c1-16-7-8-18(13-19(16)22)23-15-21(26)9-11-24(12-10-21)20(25)27-14-17-5-3-2-4-6-17/h2-8,13,23,26H,9-12,14-15H2,1H3. The Morgan fingerprint density at radius 3 is 2.59 bits per heavy atom. The van der Waals surface area contributed by atoms with Gasteiger partial charge in [-0.1, -0.05) is 36.4 Å². The Hall–Kier alpha value is -2.60. The molecule has 1 amide bonds. The molecule has 2 N–H and O–H groups in total. The average Bonchev–Trinajstić information content (AvgIpc) is 2.68. The lowest BCUT2D eigenvalue weighted by molar-refractivity contribution is -0.0110. The summed E-state index contributed by atoms with van der Waals surface area (Å²) in [7, 11) is 0. The fourth-order valence-electron chi connectivity index (χ4n) is 3.06. The van der Waals surface area contributed by atoms with Crippen molar-refractivity contribution in [3.05, 3.63) is 65.5 Å². The Bertz CT molecular complexity index is 774. The van der Waals surface area contributed by atoms with E-state index in [2.05, 4.69) is 5.32 Å². The van der Waals surface area contributed by atoms with Gasteiger partial charge in [-0.2, -0.15) is 0 Å². The highest BCUT2D eigenvalue weighted by molar-refractivity contribution is 5.67. The quantitative estimate of drug-likeness (QED) is 0.840. The number of aryl methyl sites for hydroxylation is 1. The van der Waals surface area contributed by atoms with Crippen molar-refractivity contribution < 1.29 is 19.0 Å². The zero-order chi connectivity index (χ0) is 19.3. The number of rotatable bonds is 5. The van der Waals surface area contributed by atoms with Gasteiger partial charge in [0.05, 0.1) is 5.60 Å². The van der Waals surface area contributed by atoms with Crippen LogP contribution in [0.3, 0.4) is 0 Å². The van der Waals surface area contributed by atoms with E-state index < -0.39 is 5.60 Å². The molecule has 1 saturated heterocycles. The molecule has 0 saturated carbocycles. The summed E-state index contributed by atoms with van der Waals surface area (Å²) < 4.78 is 19.0. The molecule has 2 aromatic carbocycles. The number of nitrogens with zero attached hydrogens (tertiary/aromatic N) is 1. The van der Waals surface area contributed by atoms with Gasteiger partial charge in [-0.05, 0) is 43.0 Å². The number of hydrogen-bond donors (Lipinski definition) is 2. The van der Waals surface area contributed by atoms with Crippen molar-refractivity contribution in [1.82, 2.24) is 4.90 Å². The van der Waals surface area contributed by atoms with Gasteiger partial charge >= 0.3 is 6.09 Å². The van der Waals surface area contributed by atoms with Crippen LogP contribution in [0.2, 0.25) is 0 Å². The van der Waals surface area contributed by atoms with E-state index in [0.717, 1.165) is 5.56 Å². The van der Waals surface area contributed by atoms with Gasteiger partial charge < -0.3 is 20.1 Å². The van der Waals surface area contributed by atoms with Crippen LogP contribution in [0.15, 0.2) is 48.5 Å². The lowest BCUT2D eigenvalue weighted by atomic mass is 9.91. The molecule has 3 rings (SSSR count). The highest BCUT2D eigenvalue weighted by atomic mass is 19.1. The number of nitrogens with one attached hydrogen (secondary N) is 1. The zero-order valence-electron chi connectivity index (χ0n) is 15.5. The minimum Gasteiger partial charge on any atom is -0.445 e. The summed E-state index contributed by atoms with van der Waals surface area (Å²) in [5, 5.41) is 13.8. The molecule has 0 unspecified atom stereocenters. The molecule has 0 atom stereocenters. The van der Waals surface area contributed by atoms with Gasteiger partial charge in [0, 0.05) is 25.3 Å². The third-order valence-corrected chi connectivity index (χ3v) is 4.95. The summed E-state index contributed by atoms with van der Waals surface area (Å²) in [6.07, 6.45) is 0.512. The highest BCUT2D eigenvalue weighted by Gasteiger charge is 2.34. The second-order valence-corrected chi connectivity index (χ2v) is 7.07. The molecule has 1 heterocycles. The molecule has 144 valence electrons. The van der Waals surface area contributed by atoms with Crippen LogP contribution in [0, 0.1) is 12.7 Å². The molecule has 1 aliphatic rings. The number of amides is 1. The second kappa shape index (κ2) is 8.39. The maximum Gasteiger partial charge on any atom is 0.410 e. The summed E-state index contributed by atoms with van der Waals surface area (Å²) >= 11 is 0. The van der Waals surface area contributed by atoms with Crippen molar-refractivity contribution in [2.75, 3.05) is 25.0 Å². The van der Waals surface area contributed by atoms with Crippen LogP contribution >= 0.6 is 0 Å². The number of anilines is 1. The van der Waals surface area contributed by atoms with Gasteiger partial charge in [-0.3, -0.25) is 0 Å². The molecule has 6 heteroatoms. The first-order chi connectivity index (χ1) is 13.0. The lowest BCUT2D eigenvalue weighted by Crippen LogP contribution is -2.50. The van der Waals surface area contributed by atoms with Crippen molar-refractivity contribution in [3.63, 3.8) is 0 Å². The summed E-state index contributed by atoms with van der Waals surface area (Å²) in [6.45, 7) is 3.10. The van der Waals surface area contributed by atoms with Crippen molar-refractivity contribution in [2.45, 2.75) is 32.0 Å². The van der Waals surface area contributed by atoms with Crippen LogP contribution in [0.4, 0.5) is 14.9 Å². The predicted octanol–water partition coefficient (Wildman–Crippen LogP) is 3.71. The normalized spacial score (nSPS) is 16.0. The van der Waals surface area contributed by atoms with E-state index >= 15 is 0 Å². The number of halogens is 1. The van der Waals surface area contributed by atoms with Gasteiger partial charge in [0.1, 0.15) is 12.4 Å². The first-order valence-corrected chi connectivity index (χ1v) is 9.13. The Labute approximate surface area is 158 Å². The smallest absolute Gasteiger partial charge is 0.410 e. The van der Waals surface area contributed by atoms with Crippen LogP contribution in [-0.2, 0) is 11.3 Å². The van der Waals surface area contributed by atoms with E-state index in [1.807, 2.05) is 30.3 Å². The molecule has 0 bridgehead atoms. The van der Waals surface area contributed by atoms with Gasteiger partial charge in [0.15, 0.2) is 0 Å². The zero-order valence-corrected chi connectivity index (χ0v) is 15.5. The molecule has 5 nitrogen and oxygen atoms in total. The van der Waals surface area contributed by atoms with Crippen molar-refractivity contribution in [1.29, 1.82) is 0 Å². The number of hydrogen-bond acceptors (Lipinski definition) is 4. The molecule has 2 aromatic rings. The molecule has 0 aliphatic carbocycles. The third-order valence-electron chi connectivity index (χ3n) is 4.95. The van der Waals surface area contributed by atoms with Gasteiger partial charge in [-0.15, -0.1) is 0 Å². The highest BCUT2D eigenvalue weighted by Crippen LogP contribution is 2.24. The maximum absolute atomic E-state index is 13.6. The van der Waals surface area contributed by atoms with Crippen LogP contribution in [0.1, 0.15) is 24.0 Å². The predicted molar refractivity (Wildman–Crippen MR) is 102 cm³/mol. The number of carbonyl (C=O) groups is 1. The van der Waals surface area contributed by atoms with Gasteiger partial charge in [0.2, 0.25) is 0 Å². The van der Waals surface area contributed by atoms with Crippen molar-refractivity contribution >= 4 is 11.8 Å². The number of aliphatic hydroxyl groups is 1. The van der Waals surface area contributed by atoms with E-state index in [-0.39, 0.29) is 18.5 Å². The van der Waals surface area contributed by atoms with Crippen molar-refractivity contribution in [2.24, 2.45) is 0 Å². The fourth-order valence-corrected chi connectivity index (χ4v) is 3.06. The monoisotopic (exact) mass is 372 g/mol. The van der Waals surface area contributed by atoms with E-state index in [1.165, 1.54) is 6.07 Å². The molecule has 1 fully saturated rings. The van der Waals surface area contributed by atoms with Crippen molar-refractivity contribution in [3.8, 4) is 0 Å². The van der Waals surface area contributed by atoms with Crippen LogP contribution in [-0.4, -0.2) is 41.3 Å². The molecule has 0 radical (unpaired) electrons. The molecule has 1 aliphatic heterocycles. The minimum absolute atomic E-state index is 0.237. The van der Waals surface area contributed by atoms with Gasteiger partial charge in [-0.25, -0.2) is 9.18 Å². The number of likely N-dealkylation sites (tertiary alicyclic amines) is 1. The Kier molecular flexibility index (Phi) is 5.96. The first kappa shape index (κ1) is 19.2.